The van der Waals surface area contributed by atoms with Crippen LogP contribution < -0.4 is 14.8 Å². The van der Waals surface area contributed by atoms with E-state index in [4.69, 9.17) is 9.47 Å². The summed E-state index contributed by atoms with van der Waals surface area (Å²) < 4.78 is 13.1. The molecule has 1 unspecified atom stereocenters. The van der Waals surface area contributed by atoms with E-state index in [1.54, 1.807) is 12.3 Å². The summed E-state index contributed by atoms with van der Waals surface area (Å²) in [5, 5.41) is 3.34. The Balaban J connectivity index is 1.51. The third kappa shape index (κ3) is 3.30. The van der Waals surface area contributed by atoms with Crippen LogP contribution in [0.1, 0.15) is 17.4 Å². The van der Waals surface area contributed by atoms with Crippen LogP contribution >= 0.6 is 0 Å². The minimum Gasteiger partial charge on any atom is -0.486 e. The number of hydrogen-bond donors (Lipinski definition) is 1. The summed E-state index contributed by atoms with van der Waals surface area (Å²) in [6.07, 6.45) is 7.10. The topological polar surface area (TPSA) is 68.6 Å². The monoisotopic (exact) mass is 354 g/mol. The fraction of sp³-hybridized carbons (Fsp3) is 0.368. The van der Waals surface area contributed by atoms with Gasteiger partial charge in [-0.25, -0.2) is 4.98 Å². The van der Waals surface area contributed by atoms with Crippen molar-refractivity contribution in [2.45, 2.75) is 6.04 Å². The van der Waals surface area contributed by atoms with Crippen molar-refractivity contribution >= 4 is 12.0 Å². The number of hydrogen-bond acceptors (Lipinski definition) is 5. The lowest BCUT2D eigenvalue weighted by atomic mass is 10.1. The van der Waals surface area contributed by atoms with Crippen molar-refractivity contribution in [2.75, 3.05) is 32.8 Å². The predicted octanol–water partition coefficient (Wildman–Crippen LogP) is 1.38. The molecule has 26 heavy (non-hydrogen) atoms. The number of carbonyl (C=O) groups excluding carboxylic acids is 1. The quantitative estimate of drug-likeness (QED) is 0.844. The molecule has 1 atom stereocenters. The van der Waals surface area contributed by atoms with Gasteiger partial charge in [-0.2, -0.15) is 0 Å². The zero-order valence-electron chi connectivity index (χ0n) is 14.7. The number of ether oxygens (including phenoxy) is 2. The van der Waals surface area contributed by atoms with Crippen LogP contribution in [0, 0.1) is 0 Å². The molecular weight excluding hydrogens is 332 g/mol. The third-order valence-corrected chi connectivity index (χ3v) is 4.67. The smallest absolute Gasteiger partial charge is 0.247 e. The molecule has 1 aromatic carbocycles. The van der Waals surface area contributed by atoms with Gasteiger partial charge in [0.2, 0.25) is 5.91 Å². The maximum absolute atomic E-state index is 12.8. The number of piperazine rings is 1. The lowest BCUT2D eigenvalue weighted by Crippen LogP contribution is -2.49. The van der Waals surface area contributed by atoms with E-state index in [0.717, 1.165) is 29.4 Å². The molecule has 0 saturated carbocycles. The van der Waals surface area contributed by atoms with Crippen LogP contribution in [0.3, 0.4) is 0 Å². The number of benzene rings is 1. The Kier molecular flexibility index (Phi) is 4.62. The van der Waals surface area contributed by atoms with E-state index in [2.05, 4.69) is 10.3 Å². The van der Waals surface area contributed by atoms with Crippen LogP contribution in [0.15, 0.2) is 36.7 Å². The molecule has 1 aromatic heterocycles. The van der Waals surface area contributed by atoms with Crippen molar-refractivity contribution in [3.05, 3.63) is 48.1 Å². The first-order valence-corrected chi connectivity index (χ1v) is 8.78. The first-order valence-electron chi connectivity index (χ1n) is 8.78. The Morgan fingerprint density at radius 1 is 1.31 bits per heavy atom. The van der Waals surface area contributed by atoms with Gasteiger partial charge in [0.15, 0.2) is 11.5 Å². The minimum atomic E-state index is -0.0684. The second-order valence-corrected chi connectivity index (χ2v) is 6.38. The first kappa shape index (κ1) is 16.7. The van der Waals surface area contributed by atoms with Gasteiger partial charge in [-0.3, -0.25) is 4.79 Å². The van der Waals surface area contributed by atoms with Crippen LogP contribution in [-0.2, 0) is 11.8 Å². The van der Waals surface area contributed by atoms with Gasteiger partial charge in [0.25, 0.3) is 0 Å². The molecule has 2 aliphatic heterocycles. The summed E-state index contributed by atoms with van der Waals surface area (Å²) in [6, 6.07) is 5.62. The van der Waals surface area contributed by atoms with Crippen molar-refractivity contribution in [1.82, 2.24) is 19.8 Å². The number of carbonyl (C=O) groups is 1. The summed E-state index contributed by atoms with van der Waals surface area (Å²) in [7, 11) is 1.95. The summed E-state index contributed by atoms with van der Waals surface area (Å²) >= 11 is 0. The highest BCUT2D eigenvalue weighted by molar-refractivity contribution is 5.92. The Morgan fingerprint density at radius 2 is 2.15 bits per heavy atom. The lowest BCUT2D eigenvalue weighted by molar-refractivity contribution is -0.129. The van der Waals surface area contributed by atoms with Gasteiger partial charge in [-0.05, 0) is 23.8 Å². The first-order chi connectivity index (χ1) is 12.7. The van der Waals surface area contributed by atoms with E-state index >= 15 is 0 Å². The Labute approximate surface area is 152 Å². The van der Waals surface area contributed by atoms with Crippen LogP contribution in [-0.4, -0.2) is 53.2 Å². The molecule has 1 saturated heterocycles. The van der Waals surface area contributed by atoms with Crippen LogP contribution in [0.4, 0.5) is 0 Å². The molecular formula is C19H22N4O3. The summed E-state index contributed by atoms with van der Waals surface area (Å²) in [5.74, 6) is 2.34. The molecule has 0 radical (unpaired) electrons. The zero-order valence-corrected chi connectivity index (χ0v) is 14.7. The highest BCUT2D eigenvalue weighted by atomic mass is 16.6. The van der Waals surface area contributed by atoms with Crippen LogP contribution in [0.2, 0.25) is 0 Å². The molecule has 0 spiro atoms. The van der Waals surface area contributed by atoms with Gasteiger partial charge in [0.1, 0.15) is 25.1 Å². The molecule has 7 heteroatoms. The fourth-order valence-electron chi connectivity index (χ4n) is 3.32. The van der Waals surface area contributed by atoms with E-state index < -0.39 is 0 Å². The highest BCUT2D eigenvalue weighted by Gasteiger charge is 2.29. The van der Waals surface area contributed by atoms with Gasteiger partial charge in [0.05, 0.1) is 0 Å². The number of imidazole rings is 1. The largest absolute Gasteiger partial charge is 0.486 e. The van der Waals surface area contributed by atoms with Crippen LogP contribution in [0.5, 0.6) is 11.5 Å². The highest BCUT2D eigenvalue weighted by Crippen LogP contribution is 2.31. The Bertz CT molecular complexity index is 830. The predicted molar refractivity (Wildman–Crippen MR) is 97.0 cm³/mol. The second kappa shape index (κ2) is 7.21. The van der Waals surface area contributed by atoms with Gasteiger partial charge in [-0.1, -0.05) is 6.07 Å². The van der Waals surface area contributed by atoms with Gasteiger partial charge in [-0.15, -0.1) is 0 Å². The second-order valence-electron chi connectivity index (χ2n) is 6.38. The number of amides is 1. The molecule has 0 aliphatic carbocycles. The number of rotatable bonds is 3. The molecule has 7 nitrogen and oxygen atoms in total. The average molecular weight is 354 g/mol. The average Bonchev–Trinajstić information content (AvgIpc) is 3.11. The third-order valence-electron chi connectivity index (χ3n) is 4.67. The van der Waals surface area contributed by atoms with Crippen molar-refractivity contribution in [2.24, 2.45) is 7.05 Å². The van der Waals surface area contributed by atoms with Crippen LogP contribution in [0.25, 0.3) is 6.08 Å². The van der Waals surface area contributed by atoms with E-state index in [1.165, 1.54) is 0 Å². The summed E-state index contributed by atoms with van der Waals surface area (Å²) in [6.45, 7) is 3.25. The van der Waals surface area contributed by atoms with E-state index in [9.17, 15) is 4.79 Å². The van der Waals surface area contributed by atoms with Gasteiger partial charge < -0.3 is 24.3 Å². The van der Waals surface area contributed by atoms with E-state index in [-0.39, 0.29) is 11.9 Å². The van der Waals surface area contributed by atoms with Crippen molar-refractivity contribution < 1.29 is 14.3 Å². The number of nitrogens with one attached hydrogen (secondary N) is 1. The fourth-order valence-corrected chi connectivity index (χ4v) is 3.32. The van der Waals surface area contributed by atoms with Crippen molar-refractivity contribution in [3.8, 4) is 11.5 Å². The molecule has 4 rings (SSSR count). The lowest BCUT2D eigenvalue weighted by Gasteiger charge is -2.35. The number of fused-ring (bicyclic) bond motifs is 1. The zero-order chi connectivity index (χ0) is 17.9. The van der Waals surface area contributed by atoms with E-state index in [1.807, 2.05) is 47.0 Å². The normalized spacial score (nSPS) is 19.7. The Morgan fingerprint density at radius 3 is 2.96 bits per heavy atom. The number of nitrogens with zero attached hydrogens (tertiary/aromatic N) is 3. The number of aromatic nitrogens is 2. The minimum absolute atomic E-state index is 0.0191. The van der Waals surface area contributed by atoms with Crippen molar-refractivity contribution in [3.63, 3.8) is 0 Å². The van der Waals surface area contributed by atoms with Crippen molar-refractivity contribution in [1.29, 1.82) is 0 Å². The molecule has 136 valence electrons. The molecule has 2 aliphatic rings. The standard InChI is InChI=1S/C19H22N4O3/c1-22-8-7-21-19(22)15-13-20-6-9-23(15)18(24)5-3-14-2-4-16-17(12-14)26-11-10-25-16/h2-5,7-8,12,15,20H,6,9-11,13H2,1H3/b5-3+. The molecule has 1 fully saturated rings. The molecule has 0 bridgehead atoms. The Hall–Kier alpha value is -2.80. The SMILES string of the molecule is Cn1ccnc1C1CNCCN1C(=O)/C=C/c1ccc2c(c1)OCCO2. The number of aryl methyl sites for hydroxylation is 1. The summed E-state index contributed by atoms with van der Waals surface area (Å²) in [5.41, 5.74) is 0.909. The van der Waals surface area contributed by atoms with Gasteiger partial charge in [0, 0.05) is 45.2 Å². The molecule has 1 amide bonds. The molecule has 1 N–H and O–H groups in total. The van der Waals surface area contributed by atoms with E-state index in [0.29, 0.717) is 26.3 Å². The maximum Gasteiger partial charge on any atom is 0.247 e. The molecule has 3 heterocycles. The maximum atomic E-state index is 12.8. The van der Waals surface area contributed by atoms with Gasteiger partial charge >= 0.3 is 0 Å². The molecule has 2 aromatic rings. The summed E-state index contributed by atoms with van der Waals surface area (Å²) in [4.78, 5) is 19.1.